The Labute approximate surface area is 91.6 Å². The molecule has 0 radical (unpaired) electrons. The van der Waals surface area contributed by atoms with Crippen LogP contribution in [0.2, 0.25) is 0 Å². The van der Waals surface area contributed by atoms with Gasteiger partial charge in [-0.25, -0.2) is 0 Å². The number of aliphatic imine (C=N–C) groups is 1. The van der Waals surface area contributed by atoms with Crippen molar-refractivity contribution in [3.05, 3.63) is 34.3 Å². The summed E-state index contributed by atoms with van der Waals surface area (Å²) in [5, 5.41) is 10.8. The summed E-state index contributed by atoms with van der Waals surface area (Å²) >= 11 is 3.38. The number of benzene rings is 1. The molecule has 3 nitrogen and oxygen atoms in total. The number of nitrogens with one attached hydrogen (secondary N) is 1. The van der Waals surface area contributed by atoms with E-state index in [1.54, 1.807) is 6.92 Å². The van der Waals surface area contributed by atoms with Crippen LogP contribution >= 0.6 is 15.9 Å². The Bertz CT molecular complexity index is 379. The van der Waals surface area contributed by atoms with E-state index < -0.39 is 0 Å². The molecule has 0 atom stereocenters. The number of nitriles is 1. The molecular weight excluding hydrogens is 242 g/mol. The molecule has 0 amide bonds. The summed E-state index contributed by atoms with van der Waals surface area (Å²) in [6, 6.07) is 7.92. The molecular formula is C10H10BrN3. The first-order valence-corrected chi connectivity index (χ1v) is 4.92. The second-order valence-electron chi connectivity index (χ2n) is 2.77. The van der Waals surface area contributed by atoms with Crippen LogP contribution in [0.1, 0.15) is 12.5 Å². The largest absolute Gasteiger partial charge is 0.281 e. The normalized spacial score (nSPS) is 10.8. The Morgan fingerprint density at radius 3 is 3.07 bits per heavy atom. The SMILES string of the molecule is CC(=NCc1cccc(Br)c1)NC#N. The molecule has 0 bridgehead atoms. The van der Waals surface area contributed by atoms with Crippen molar-refractivity contribution in [1.29, 1.82) is 5.26 Å². The zero-order chi connectivity index (χ0) is 10.4. The molecule has 14 heavy (non-hydrogen) atoms. The van der Waals surface area contributed by atoms with Gasteiger partial charge in [0.15, 0.2) is 6.19 Å². The van der Waals surface area contributed by atoms with Gasteiger partial charge in [-0.2, -0.15) is 5.26 Å². The number of nitrogens with zero attached hydrogens (tertiary/aromatic N) is 2. The third-order valence-corrected chi connectivity index (χ3v) is 2.12. The third-order valence-electron chi connectivity index (χ3n) is 1.62. The van der Waals surface area contributed by atoms with Crippen LogP contribution in [-0.4, -0.2) is 5.84 Å². The minimum atomic E-state index is 0.583. The van der Waals surface area contributed by atoms with Gasteiger partial charge in [-0.3, -0.25) is 10.3 Å². The minimum Gasteiger partial charge on any atom is -0.281 e. The topological polar surface area (TPSA) is 48.2 Å². The Balaban J connectivity index is 2.62. The van der Waals surface area contributed by atoms with Gasteiger partial charge < -0.3 is 0 Å². The smallest absolute Gasteiger partial charge is 0.182 e. The average Bonchev–Trinajstić information content (AvgIpc) is 2.15. The fraction of sp³-hybridized carbons (Fsp3) is 0.200. The predicted octanol–water partition coefficient (Wildman–Crippen LogP) is 2.44. The number of hydrogen-bond acceptors (Lipinski definition) is 2. The van der Waals surface area contributed by atoms with Crippen molar-refractivity contribution < 1.29 is 0 Å². The van der Waals surface area contributed by atoms with Gasteiger partial charge in [0.25, 0.3) is 0 Å². The van der Waals surface area contributed by atoms with Crippen molar-refractivity contribution in [2.45, 2.75) is 13.5 Å². The standard InChI is InChI=1S/C10H10BrN3/c1-8(14-7-12)13-6-9-3-2-4-10(11)5-9/h2-5H,6H2,1H3,(H,13,14). The van der Waals surface area contributed by atoms with Crippen molar-refractivity contribution in [2.24, 2.45) is 4.99 Å². The fourth-order valence-electron chi connectivity index (χ4n) is 0.966. The second kappa shape index (κ2) is 5.40. The molecule has 1 aromatic rings. The fourth-order valence-corrected chi connectivity index (χ4v) is 1.41. The lowest BCUT2D eigenvalue weighted by Gasteiger charge is -1.99. The Kier molecular flexibility index (Phi) is 4.14. The molecule has 1 rings (SSSR count). The van der Waals surface area contributed by atoms with Crippen LogP contribution in [0.5, 0.6) is 0 Å². The van der Waals surface area contributed by atoms with E-state index >= 15 is 0 Å². The minimum absolute atomic E-state index is 0.583. The molecule has 0 aliphatic heterocycles. The number of rotatable bonds is 2. The first-order valence-electron chi connectivity index (χ1n) is 4.13. The van der Waals surface area contributed by atoms with Crippen LogP contribution in [0.4, 0.5) is 0 Å². The van der Waals surface area contributed by atoms with Crippen LogP contribution in [0.15, 0.2) is 33.7 Å². The van der Waals surface area contributed by atoms with Crippen LogP contribution in [0.3, 0.4) is 0 Å². The highest BCUT2D eigenvalue weighted by atomic mass is 79.9. The third kappa shape index (κ3) is 3.58. The van der Waals surface area contributed by atoms with E-state index in [2.05, 4.69) is 26.2 Å². The van der Waals surface area contributed by atoms with Crippen LogP contribution in [-0.2, 0) is 6.54 Å². The summed E-state index contributed by atoms with van der Waals surface area (Å²) in [5.41, 5.74) is 1.11. The van der Waals surface area contributed by atoms with E-state index in [9.17, 15) is 0 Å². The van der Waals surface area contributed by atoms with Gasteiger partial charge in [0, 0.05) is 4.47 Å². The van der Waals surface area contributed by atoms with Crippen LogP contribution in [0, 0.1) is 11.5 Å². The van der Waals surface area contributed by atoms with E-state index in [0.29, 0.717) is 12.4 Å². The Hall–Kier alpha value is -1.34. The number of amidine groups is 1. The summed E-state index contributed by atoms with van der Waals surface area (Å²) in [5.74, 6) is 0.632. The highest BCUT2D eigenvalue weighted by molar-refractivity contribution is 9.10. The molecule has 0 fully saturated rings. The highest BCUT2D eigenvalue weighted by Gasteiger charge is 1.92. The van der Waals surface area contributed by atoms with Gasteiger partial charge in [-0.1, -0.05) is 28.1 Å². The van der Waals surface area contributed by atoms with E-state index in [-0.39, 0.29) is 0 Å². The van der Waals surface area contributed by atoms with Gasteiger partial charge in [0.1, 0.15) is 5.84 Å². The molecule has 0 aromatic heterocycles. The number of hydrogen-bond donors (Lipinski definition) is 1. The van der Waals surface area contributed by atoms with Gasteiger partial charge in [0.05, 0.1) is 6.54 Å². The maximum atomic E-state index is 8.33. The van der Waals surface area contributed by atoms with Crippen molar-refractivity contribution in [3.8, 4) is 6.19 Å². The quantitative estimate of drug-likeness (QED) is 0.380. The van der Waals surface area contributed by atoms with Gasteiger partial charge in [-0.15, -0.1) is 0 Å². The van der Waals surface area contributed by atoms with Gasteiger partial charge in [-0.05, 0) is 24.6 Å². The summed E-state index contributed by atoms with van der Waals surface area (Å²) in [6.45, 7) is 2.35. The lowest BCUT2D eigenvalue weighted by molar-refractivity contribution is 1.04. The number of halogens is 1. The summed E-state index contributed by atoms with van der Waals surface area (Å²) in [6.07, 6.45) is 1.83. The van der Waals surface area contributed by atoms with Crippen molar-refractivity contribution >= 4 is 21.8 Å². The zero-order valence-corrected chi connectivity index (χ0v) is 9.37. The van der Waals surface area contributed by atoms with E-state index in [1.807, 2.05) is 30.5 Å². The van der Waals surface area contributed by atoms with Crippen molar-refractivity contribution in [1.82, 2.24) is 5.32 Å². The zero-order valence-electron chi connectivity index (χ0n) is 7.79. The lowest BCUT2D eigenvalue weighted by Crippen LogP contribution is -2.13. The van der Waals surface area contributed by atoms with Gasteiger partial charge >= 0.3 is 0 Å². The second-order valence-corrected chi connectivity index (χ2v) is 3.68. The van der Waals surface area contributed by atoms with Crippen LogP contribution in [0.25, 0.3) is 0 Å². The first-order chi connectivity index (χ1) is 6.72. The lowest BCUT2D eigenvalue weighted by atomic mass is 10.2. The molecule has 0 unspecified atom stereocenters. The molecule has 0 aliphatic rings. The van der Waals surface area contributed by atoms with Crippen molar-refractivity contribution in [3.63, 3.8) is 0 Å². The maximum Gasteiger partial charge on any atom is 0.182 e. The molecule has 0 aliphatic carbocycles. The summed E-state index contributed by atoms with van der Waals surface area (Å²) in [4.78, 5) is 4.19. The molecule has 1 N–H and O–H groups in total. The van der Waals surface area contributed by atoms with E-state index in [4.69, 9.17) is 5.26 Å². The Morgan fingerprint density at radius 2 is 2.43 bits per heavy atom. The summed E-state index contributed by atoms with van der Waals surface area (Å²) < 4.78 is 1.04. The predicted molar refractivity (Wildman–Crippen MR) is 59.7 cm³/mol. The maximum absolute atomic E-state index is 8.33. The first kappa shape index (κ1) is 10.7. The van der Waals surface area contributed by atoms with Crippen molar-refractivity contribution in [2.75, 3.05) is 0 Å². The molecule has 0 saturated carbocycles. The molecule has 0 spiro atoms. The van der Waals surface area contributed by atoms with E-state index in [1.165, 1.54) is 0 Å². The Morgan fingerprint density at radius 1 is 1.64 bits per heavy atom. The van der Waals surface area contributed by atoms with Gasteiger partial charge in [0.2, 0.25) is 0 Å². The molecule has 72 valence electrons. The monoisotopic (exact) mass is 251 g/mol. The average molecular weight is 252 g/mol. The molecule has 0 saturated heterocycles. The molecule has 0 heterocycles. The molecule has 1 aromatic carbocycles. The highest BCUT2D eigenvalue weighted by Crippen LogP contribution is 2.12. The van der Waals surface area contributed by atoms with Crippen LogP contribution < -0.4 is 5.32 Å². The summed E-state index contributed by atoms with van der Waals surface area (Å²) in [7, 11) is 0. The van der Waals surface area contributed by atoms with E-state index in [0.717, 1.165) is 10.0 Å². The molecule has 4 heteroatoms.